The molecule has 0 amide bonds. The van der Waals surface area contributed by atoms with Gasteiger partial charge in [-0.1, -0.05) is 26.0 Å². The zero-order chi connectivity index (χ0) is 8.53. The van der Waals surface area contributed by atoms with Gasteiger partial charge < -0.3 is 0 Å². The predicted molar refractivity (Wildman–Crippen MR) is 52.0 cm³/mol. The van der Waals surface area contributed by atoms with E-state index in [0.29, 0.717) is 0 Å². The van der Waals surface area contributed by atoms with Gasteiger partial charge in [-0.3, -0.25) is 4.99 Å². The van der Waals surface area contributed by atoms with Crippen LogP contribution in [0.25, 0.3) is 0 Å². The highest BCUT2D eigenvalue weighted by Crippen LogP contribution is 1.99. The Hall–Kier alpha value is -0.850. The molecule has 0 aliphatic carbocycles. The molecule has 62 valence electrons. The van der Waals surface area contributed by atoms with Crippen LogP contribution in [0.1, 0.15) is 33.6 Å². The Morgan fingerprint density at radius 3 is 2.55 bits per heavy atom. The number of allylic oxidation sites excluding steroid dienone is 4. The lowest BCUT2D eigenvalue weighted by Gasteiger charge is -1.90. The average Bonchev–Trinajstić information content (AvgIpc) is 2.05. The Labute approximate surface area is 69.5 Å². The molecular weight excluding hydrogens is 134 g/mol. The predicted octanol–water partition coefficient (Wildman–Crippen LogP) is 3.34. The quantitative estimate of drug-likeness (QED) is 0.546. The molecule has 0 aliphatic rings. The summed E-state index contributed by atoms with van der Waals surface area (Å²) in [6, 6.07) is 0. The highest BCUT2D eigenvalue weighted by Gasteiger charge is 1.81. The Morgan fingerprint density at radius 1 is 1.36 bits per heavy atom. The summed E-state index contributed by atoms with van der Waals surface area (Å²) in [4.78, 5) is 4.25. The molecule has 0 aliphatic heterocycles. The first kappa shape index (κ1) is 10.2. The normalized spacial score (nSPS) is 13.5. The molecule has 0 radical (unpaired) electrons. The van der Waals surface area contributed by atoms with Crippen molar-refractivity contribution in [3.63, 3.8) is 0 Å². The fourth-order valence-electron chi connectivity index (χ4n) is 0.706. The van der Waals surface area contributed by atoms with Gasteiger partial charge in [-0.15, -0.1) is 0 Å². The molecular formula is C10H17N. The van der Waals surface area contributed by atoms with Crippen LogP contribution in [-0.4, -0.2) is 6.21 Å². The summed E-state index contributed by atoms with van der Waals surface area (Å²) >= 11 is 0. The van der Waals surface area contributed by atoms with Crippen molar-refractivity contribution in [3.05, 3.63) is 23.9 Å². The lowest BCUT2D eigenvalue weighted by molar-refractivity contribution is 1.06. The molecule has 0 bridgehead atoms. The van der Waals surface area contributed by atoms with Crippen LogP contribution >= 0.6 is 0 Å². The highest BCUT2D eigenvalue weighted by atomic mass is 14.7. The molecule has 0 unspecified atom stereocenters. The van der Waals surface area contributed by atoms with Gasteiger partial charge in [-0.05, 0) is 25.8 Å². The van der Waals surface area contributed by atoms with Gasteiger partial charge in [0, 0.05) is 11.9 Å². The number of hydrogen-bond acceptors (Lipinski definition) is 1. The molecule has 0 spiro atoms. The third-order valence-electron chi connectivity index (χ3n) is 1.39. The van der Waals surface area contributed by atoms with Crippen LogP contribution in [0.3, 0.4) is 0 Å². The summed E-state index contributed by atoms with van der Waals surface area (Å²) < 4.78 is 0. The minimum absolute atomic E-state index is 1.01. The van der Waals surface area contributed by atoms with Crippen molar-refractivity contribution in [1.29, 1.82) is 0 Å². The average molecular weight is 151 g/mol. The van der Waals surface area contributed by atoms with Crippen molar-refractivity contribution in [1.82, 2.24) is 0 Å². The number of aliphatic imine (C=N–C) groups is 1. The van der Waals surface area contributed by atoms with Gasteiger partial charge in [0.25, 0.3) is 0 Å². The van der Waals surface area contributed by atoms with Crippen molar-refractivity contribution in [2.24, 2.45) is 4.99 Å². The first-order valence-electron chi connectivity index (χ1n) is 4.19. The molecule has 0 fully saturated rings. The molecule has 0 atom stereocenters. The van der Waals surface area contributed by atoms with Crippen LogP contribution < -0.4 is 0 Å². The molecule has 0 rings (SSSR count). The monoisotopic (exact) mass is 151 g/mol. The molecule has 0 aromatic carbocycles. The van der Waals surface area contributed by atoms with Gasteiger partial charge in [0.05, 0.1) is 0 Å². The van der Waals surface area contributed by atoms with Crippen LogP contribution in [0.4, 0.5) is 0 Å². The first-order valence-corrected chi connectivity index (χ1v) is 4.19. The molecule has 0 aromatic heterocycles. The van der Waals surface area contributed by atoms with E-state index in [0.717, 1.165) is 18.5 Å². The second-order valence-corrected chi connectivity index (χ2v) is 2.25. The molecule has 0 aromatic rings. The summed E-state index contributed by atoms with van der Waals surface area (Å²) in [5, 5.41) is 0. The van der Waals surface area contributed by atoms with Crippen LogP contribution in [0.5, 0.6) is 0 Å². The Balaban J connectivity index is 3.81. The molecule has 0 N–H and O–H groups in total. The van der Waals surface area contributed by atoms with Gasteiger partial charge >= 0.3 is 0 Å². The fourth-order valence-corrected chi connectivity index (χ4v) is 0.706. The Morgan fingerprint density at radius 2 is 2.09 bits per heavy atom. The lowest BCUT2D eigenvalue weighted by Crippen LogP contribution is -1.74. The third kappa shape index (κ3) is 5.59. The van der Waals surface area contributed by atoms with Gasteiger partial charge in [-0.25, -0.2) is 0 Å². The third-order valence-corrected chi connectivity index (χ3v) is 1.39. The minimum Gasteiger partial charge on any atom is -0.262 e. The zero-order valence-electron chi connectivity index (χ0n) is 7.67. The van der Waals surface area contributed by atoms with E-state index >= 15 is 0 Å². The largest absolute Gasteiger partial charge is 0.262 e. The highest BCUT2D eigenvalue weighted by molar-refractivity contribution is 5.71. The van der Waals surface area contributed by atoms with E-state index in [1.54, 1.807) is 0 Å². The van der Waals surface area contributed by atoms with Gasteiger partial charge in [-0.2, -0.15) is 0 Å². The van der Waals surface area contributed by atoms with Gasteiger partial charge in [0.1, 0.15) is 0 Å². The maximum absolute atomic E-state index is 4.25. The summed E-state index contributed by atoms with van der Waals surface area (Å²) in [6.45, 7) is 6.23. The number of rotatable bonds is 4. The summed E-state index contributed by atoms with van der Waals surface area (Å²) in [6.07, 6.45) is 10.0. The second kappa shape index (κ2) is 7.26. The van der Waals surface area contributed by atoms with Crippen LogP contribution in [-0.2, 0) is 0 Å². The number of nitrogens with zero attached hydrogens (tertiary/aromatic N) is 1. The van der Waals surface area contributed by atoms with Crippen molar-refractivity contribution in [3.8, 4) is 0 Å². The van der Waals surface area contributed by atoms with Crippen LogP contribution in [0, 0.1) is 0 Å². The molecule has 1 heteroatoms. The van der Waals surface area contributed by atoms with Gasteiger partial charge in [0.2, 0.25) is 0 Å². The topological polar surface area (TPSA) is 12.4 Å². The van der Waals surface area contributed by atoms with Crippen molar-refractivity contribution in [2.75, 3.05) is 0 Å². The van der Waals surface area contributed by atoms with Crippen molar-refractivity contribution in [2.45, 2.75) is 33.6 Å². The smallest absolute Gasteiger partial charge is 0.0358 e. The Kier molecular flexibility index (Phi) is 6.70. The standard InChI is InChI=1S/C10H17N/c1-4-7-8-9-11-10(5-2)6-3/h5,7-9H,4,6H2,1-3H3/b8-7+,10-5-,11-9+. The molecule has 1 nitrogen and oxygen atoms in total. The summed E-state index contributed by atoms with van der Waals surface area (Å²) in [5.74, 6) is 0. The minimum atomic E-state index is 1.01. The van der Waals surface area contributed by atoms with Crippen LogP contribution in [0.2, 0.25) is 0 Å². The molecule has 0 saturated heterocycles. The fraction of sp³-hybridized carbons (Fsp3) is 0.500. The van der Waals surface area contributed by atoms with E-state index in [-0.39, 0.29) is 0 Å². The number of hydrogen-bond donors (Lipinski definition) is 0. The van der Waals surface area contributed by atoms with E-state index in [4.69, 9.17) is 0 Å². The van der Waals surface area contributed by atoms with E-state index in [2.05, 4.69) is 24.9 Å². The van der Waals surface area contributed by atoms with Crippen LogP contribution in [0.15, 0.2) is 28.9 Å². The SMILES string of the molecule is C\C=C(CC)/N=C/C=C/CC. The van der Waals surface area contributed by atoms with E-state index in [9.17, 15) is 0 Å². The van der Waals surface area contributed by atoms with E-state index in [1.165, 1.54) is 0 Å². The Bertz CT molecular complexity index is 164. The van der Waals surface area contributed by atoms with E-state index < -0.39 is 0 Å². The molecule has 0 saturated carbocycles. The molecule has 0 heterocycles. The lowest BCUT2D eigenvalue weighted by atomic mass is 10.3. The maximum Gasteiger partial charge on any atom is 0.0358 e. The van der Waals surface area contributed by atoms with Gasteiger partial charge in [0.15, 0.2) is 0 Å². The summed E-state index contributed by atoms with van der Waals surface area (Å²) in [5.41, 5.74) is 1.14. The second-order valence-electron chi connectivity index (χ2n) is 2.25. The zero-order valence-corrected chi connectivity index (χ0v) is 7.67. The van der Waals surface area contributed by atoms with E-state index in [1.807, 2.05) is 25.3 Å². The molecule has 11 heavy (non-hydrogen) atoms. The van der Waals surface area contributed by atoms with Crippen molar-refractivity contribution < 1.29 is 0 Å². The maximum atomic E-state index is 4.25. The summed E-state index contributed by atoms with van der Waals surface area (Å²) in [7, 11) is 0. The van der Waals surface area contributed by atoms with Crippen molar-refractivity contribution >= 4 is 6.21 Å². The first-order chi connectivity index (χ1) is 5.35.